The number of methoxy groups -OCH3 is 1. The van der Waals surface area contributed by atoms with Gasteiger partial charge in [0.1, 0.15) is 5.75 Å². The molecule has 1 aliphatic carbocycles. The molecule has 2 rings (SSSR count). The molecule has 0 radical (unpaired) electrons. The number of ether oxygens (including phenoxy) is 1. The van der Waals surface area contributed by atoms with E-state index in [1.807, 2.05) is 6.07 Å². The van der Waals surface area contributed by atoms with Gasteiger partial charge in [-0.1, -0.05) is 26.0 Å². The highest BCUT2D eigenvalue weighted by molar-refractivity contribution is 5.48. The van der Waals surface area contributed by atoms with E-state index in [1.165, 1.54) is 5.56 Å². The van der Waals surface area contributed by atoms with Crippen molar-refractivity contribution < 1.29 is 9.84 Å². The van der Waals surface area contributed by atoms with Crippen molar-refractivity contribution in [2.24, 2.45) is 11.8 Å². The summed E-state index contributed by atoms with van der Waals surface area (Å²) >= 11 is 0. The molecule has 0 aliphatic heterocycles. The fraction of sp³-hybridized carbons (Fsp3) is 0.647. The Balaban J connectivity index is 2.44. The lowest BCUT2D eigenvalue weighted by Crippen LogP contribution is -2.35. The average Bonchev–Trinajstić information content (AvgIpc) is 2.37. The first kappa shape index (κ1) is 14.4. The van der Waals surface area contributed by atoms with Crippen molar-refractivity contribution in [3.8, 4) is 5.75 Å². The molecule has 1 N–H and O–H groups in total. The molecule has 0 heterocycles. The van der Waals surface area contributed by atoms with Crippen LogP contribution in [0.1, 0.15) is 49.8 Å². The molecule has 106 valence electrons. The Morgan fingerprint density at radius 3 is 2.47 bits per heavy atom. The molecular weight excluding hydrogens is 236 g/mol. The molecule has 0 spiro atoms. The normalized spacial score (nSPS) is 31.3. The lowest BCUT2D eigenvalue weighted by atomic mass is 9.70. The van der Waals surface area contributed by atoms with Crippen molar-refractivity contribution in [3.63, 3.8) is 0 Å². The molecule has 2 nitrogen and oxygen atoms in total. The minimum absolute atomic E-state index is 0.546. The molecule has 1 aromatic rings. The maximum Gasteiger partial charge on any atom is 0.128 e. The Kier molecular flexibility index (Phi) is 3.91. The van der Waals surface area contributed by atoms with Crippen LogP contribution in [0, 0.1) is 25.7 Å². The molecule has 1 saturated carbocycles. The van der Waals surface area contributed by atoms with E-state index in [0.717, 1.165) is 36.1 Å². The van der Waals surface area contributed by atoms with Gasteiger partial charge in [-0.3, -0.25) is 0 Å². The standard InChI is InChI=1S/C17H26O2/c1-11-8-9-17(18,10-13(11)3)15-7-6-12(2)14(4)16(15)19-5/h6-7,11,13,18H,8-10H2,1-5H3. The zero-order chi connectivity index (χ0) is 14.2. The third kappa shape index (κ3) is 2.51. The molecule has 2 heteroatoms. The molecule has 0 aromatic heterocycles. The van der Waals surface area contributed by atoms with Crippen molar-refractivity contribution in [1.82, 2.24) is 0 Å². The van der Waals surface area contributed by atoms with E-state index < -0.39 is 5.60 Å². The lowest BCUT2D eigenvalue weighted by Gasteiger charge is -2.40. The topological polar surface area (TPSA) is 29.5 Å². The number of rotatable bonds is 2. The second-order valence-electron chi connectivity index (χ2n) is 6.32. The largest absolute Gasteiger partial charge is 0.496 e. The van der Waals surface area contributed by atoms with E-state index in [4.69, 9.17) is 4.74 Å². The van der Waals surface area contributed by atoms with E-state index in [1.54, 1.807) is 7.11 Å². The van der Waals surface area contributed by atoms with E-state index in [2.05, 4.69) is 33.8 Å². The Bertz CT molecular complexity index is 467. The van der Waals surface area contributed by atoms with Gasteiger partial charge in [-0.25, -0.2) is 0 Å². The van der Waals surface area contributed by atoms with Crippen LogP contribution in [0.3, 0.4) is 0 Å². The number of hydrogen-bond acceptors (Lipinski definition) is 2. The molecule has 1 aliphatic rings. The van der Waals surface area contributed by atoms with Gasteiger partial charge in [0.15, 0.2) is 0 Å². The van der Waals surface area contributed by atoms with Crippen LogP contribution in [0.5, 0.6) is 5.75 Å². The minimum atomic E-state index is -0.726. The lowest BCUT2D eigenvalue weighted by molar-refractivity contribution is -0.0352. The van der Waals surface area contributed by atoms with Crippen LogP contribution >= 0.6 is 0 Å². The third-order valence-corrected chi connectivity index (χ3v) is 5.03. The van der Waals surface area contributed by atoms with Crippen molar-refractivity contribution >= 4 is 0 Å². The molecule has 0 saturated heterocycles. The quantitative estimate of drug-likeness (QED) is 0.874. The van der Waals surface area contributed by atoms with Crippen molar-refractivity contribution in [1.29, 1.82) is 0 Å². The van der Waals surface area contributed by atoms with Crippen molar-refractivity contribution in [2.45, 2.75) is 52.6 Å². The first-order chi connectivity index (χ1) is 8.89. The molecule has 3 unspecified atom stereocenters. The van der Waals surface area contributed by atoms with Gasteiger partial charge in [-0.2, -0.15) is 0 Å². The van der Waals surface area contributed by atoms with Crippen LogP contribution in [0.2, 0.25) is 0 Å². The van der Waals surface area contributed by atoms with E-state index in [0.29, 0.717) is 11.8 Å². The van der Waals surface area contributed by atoms with E-state index in [-0.39, 0.29) is 0 Å². The summed E-state index contributed by atoms with van der Waals surface area (Å²) < 4.78 is 5.58. The van der Waals surface area contributed by atoms with Crippen LogP contribution < -0.4 is 4.74 Å². The van der Waals surface area contributed by atoms with Crippen molar-refractivity contribution in [3.05, 3.63) is 28.8 Å². The second-order valence-corrected chi connectivity index (χ2v) is 6.32. The highest BCUT2D eigenvalue weighted by atomic mass is 16.5. The summed E-state index contributed by atoms with van der Waals surface area (Å²) in [6.07, 6.45) is 2.73. The summed E-state index contributed by atoms with van der Waals surface area (Å²) in [5, 5.41) is 11.1. The van der Waals surface area contributed by atoms with Gasteiger partial charge in [-0.05, 0) is 56.1 Å². The van der Waals surface area contributed by atoms with Gasteiger partial charge in [0, 0.05) is 5.56 Å². The summed E-state index contributed by atoms with van der Waals surface area (Å²) in [5.41, 5.74) is 2.59. The van der Waals surface area contributed by atoms with E-state index in [9.17, 15) is 5.11 Å². The van der Waals surface area contributed by atoms with Crippen LogP contribution in [0.15, 0.2) is 12.1 Å². The monoisotopic (exact) mass is 262 g/mol. The fourth-order valence-corrected chi connectivity index (χ4v) is 3.25. The van der Waals surface area contributed by atoms with Gasteiger partial charge in [0.05, 0.1) is 12.7 Å². The predicted molar refractivity (Wildman–Crippen MR) is 78.5 cm³/mol. The van der Waals surface area contributed by atoms with Crippen LogP contribution in [-0.2, 0) is 5.60 Å². The molecule has 0 amide bonds. The SMILES string of the molecule is COc1c(C2(O)CCC(C)C(C)C2)ccc(C)c1C. The second kappa shape index (κ2) is 5.16. The molecule has 1 aromatic carbocycles. The zero-order valence-corrected chi connectivity index (χ0v) is 12.8. The first-order valence-electron chi connectivity index (χ1n) is 7.26. The smallest absolute Gasteiger partial charge is 0.128 e. The number of hydrogen-bond donors (Lipinski definition) is 1. The summed E-state index contributed by atoms with van der Waals surface area (Å²) in [6, 6.07) is 4.14. The third-order valence-electron chi connectivity index (χ3n) is 5.03. The Morgan fingerprint density at radius 2 is 1.89 bits per heavy atom. The fourth-order valence-electron chi connectivity index (χ4n) is 3.25. The van der Waals surface area contributed by atoms with Crippen LogP contribution in [0.25, 0.3) is 0 Å². The first-order valence-corrected chi connectivity index (χ1v) is 7.26. The molecular formula is C17H26O2. The Labute approximate surface area is 116 Å². The zero-order valence-electron chi connectivity index (χ0n) is 12.8. The molecule has 3 atom stereocenters. The van der Waals surface area contributed by atoms with Gasteiger partial charge < -0.3 is 9.84 Å². The van der Waals surface area contributed by atoms with Gasteiger partial charge >= 0.3 is 0 Å². The van der Waals surface area contributed by atoms with Crippen molar-refractivity contribution in [2.75, 3.05) is 7.11 Å². The number of benzene rings is 1. The molecule has 19 heavy (non-hydrogen) atoms. The van der Waals surface area contributed by atoms with Gasteiger partial charge in [0.2, 0.25) is 0 Å². The molecule has 0 bridgehead atoms. The summed E-state index contributed by atoms with van der Waals surface area (Å²) in [6.45, 7) is 8.66. The summed E-state index contributed by atoms with van der Waals surface area (Å²) in [7, 11) is 1.70. The minimum Gasteiger partial charge on any atom is -0.496 e. The van der Waals surface area contributed by atoms with Gasteiger partial charge in [0.25, 0.3) is 0 Å². The Hall–Kier alpha value is -1.02. The summed E-state index contributed by atoms with van der Waals surface area (Å²) in [5.74, 6) is 2.10. The highest BCUT2D eigenvalue weighted by Gasteiger charge is 2.39. The van der Waals surface area contributed by atoms with E-state index >= 15 is 0 Å². The number of aliphatic hydroxyl groups is 1. The number of aryl methyl sites for hydroxylation is 1. The maximum atomic E-state index is 11.1. The average molecular weight is 262 g/mol. The molecule has 1 fully saturated rings. The van der Waals surface area contributed by atoms with Crippen LogP contribution in [0.4, 0.5) is 0 Å². The van der Waals surface area contributed by atoms with Crippen LogP contribution in [-0.4, -0.2) is 12.2 Å². The summed E-state index contributed by atoms with van der Waals surface area (Å²) in [4.78, 5) is 0. The Morgan fingerprint density at radius 1 is 1.21 bits per heavy atom. The maximum absolute atomic E-state index is 11.1. The van der Waals surface area contributed by atoms with Gasteiger partial charge in [-0.15, -0.1) is 0 Å². The highest BCUT2D eigenvalue weighted by Crippen LogP contribution is 2.46. The predicted octanol–water partition coefficient (Wildman–Crippen LogP) is 3.96.